The molecule has 0 bridgehead atoms. The molecule has 3 aromatic heterocycles. The van der Waals surface area contributed by atoms with Gasteiger partial charge in [0.15, 0.2) is 6.29 Å². The number of aromatic nitrogens is 3. The van der Waals surface area contributed by atoms with E-state index in [2.05, 4.69) is 21.0 Å². The van der Waals surface area contributed by atoms with Crippen LogP contribution in [0.25, 0.3) is 33.1 Å². The number of pyridine rings is 3. The van der Waals surface area contributed by atoms with Crippen LogP contribution in [-0.2, 0) is 9.47 Å². The first-order valence-electron chi connectivity index (χ1n) is 8.23. The predicted molar refractivity (Wildman–Crippen MR) is 94.9 cm³/mol. The molecule has 5 nitrogen and oxygen atoms in total. The maximum absolute atomic E-state index is 5.68. The molecule has 0 spiro atoms. The van der Waals surface area contributed by atoms with E-state index in [1.807, 2.05) is 48.8 Å². The van der Waals surface area contributed by atoms with Crippen LogP contribution < -0.4 is 0 Å². The molecule has 25 heavy (non-hydrogen) atoms. The van der Waals surface area contributed by atoms with Gasteiger partial charge in [-0.3, -0.25) is 15.0 Å². The molecule has 1 aliphatic rings. The molecule has 0 atom stereocenters. The summed E-state index contributed by atoms with van der Waals surface area (Å²) in [6, 6.07) is 14.0. The maximum atomic E-state index is 5.68. The van der Waals surface area contributed by atoms with Crippen LogP contribution in [0.1, 0.15) is 11.9 Å². The lowest BCUT2D eigenvalue weighted by molar-refractivity contribution is -0.0438. The smallest absolute Gasteiger partial charge is 0.186 e. The molecule has 1 fully saturated rings. The third kappa shape index (κ3) is 2.36. The Morgan fingerprint density at radius 1 is 0.720 bits per heavy atom. The van der Waals surface area contributed by atoms with Gasteiger partial charge in [0, 0.05) is 34.9 Å². The highest BCUT2D eigenvalue weighted by Crippen LogP contribution is 2.35. The highest BCUT2D eigenvalue weighted by atomic mass is 16.7. The summed E-state index contributed by atoms with van der Waals surface area (Å²) < 4.78 is 11.4. The van der Waals surface area contributed by atoms with Crippen molar-refractivity contribution in [2.24, 2.45) is 0 Å². The summed E-state index contributed by atoms with van der Waals surface area (Å²) in [7, 11) is 0. The SMILES string of the molecule is c1cnc(-c2nccc3c2cnc2ccccc23)c(C2OCCO2)c1. The van der Waals surface area contributed by atoms with Crippen LogP contribution >= 0.6 is 0 Å². The van der Waals surface area contributed by atoms with Crippen LogP contribution in [0.2, 0.25) is 0 Å². The molecule has 0 saturated carbocycles. The van der Waals surface area contributed by atoms with Crippen LogP contribution in [0, 0.1) is 0 Å². The van der Waals surface area contributed by atoms with Gasteiger partial charge in [0.1, 0.15) is 0 Å². The van der Waals surface area contributed by atoms with Crippen molar-refractivity contribution in [1.82, 2.24) is 15.0 Å². The number of nitrogens with zero attached hydrogens (tertiary/aromatic N) is 3. The summed E-state index contributed by atoms with van der Waals surface area (Å²) in [5.74, 6) is 0. The van der Waals surface area contributed by atoms with Crippen molar-refractivity contribution >= 4 is 21.7 Å². The molecule has 0 unspecified atom stereocenters. The Morgan fingerprint density at radius 3 is 2.48 bits per heavy atom. The van der Waals surface area contributed by atoms with Crippen molar-refractivity contribution in [3.05, 3.63) is 66.6 Å². The van der Waals surface area contributed by atoms with Crippen LogP contribution in [0.5, 0.6) is 0 Å². The lowest BCUT2D eigenvalue weighted by Crippen LogP contribution is -2.03. The molecule has 0 aliphatic carbocycles. The normalized spacial score (nSPS) is 15.2. The minimum absolute atomic E-state index is 0.394. The van der Waals surface area contributed by atoms with Crippen molar-refractivity contribution in [2.75, 3.05) is 13.2 Å². The molecule has 1 aliphatic heterocycles. The van der Waals surface area contributed by atoms with Crippen molar-refractivity contribution in [1.29, 1.82) is 0 Å². The van der Waals surface area contributed by atoms with E-state index in [1.54, 1.807) is 6.20 Å². The topological polar surface area (TPSA) is 57.1 Å². The number of para-hydroxylation sites is 1. The molecule has 4 heterocycles. The third-order valence-electron chi connectivity index (χ3n) is 4.46. The van der Waals surface area contributed by atoms with Gasteiger partial charge < -0.3 is 9.47 Å². The molecular formula is C20H15N3O2. The zero-order valence-electron chi connectivity index (χ0n) is 13.4. The molecule has 122 valence electrons. The van der Waals surface area contributed by atoms with Crippen LogP contribution in [0.15, 0.2) is 61.1 Å². The number of ether oxygens (including phenoxy) is 2. The van der Waals surface area contributed by atoms with Gasteiger partial charge in [-0.1, -0.05) is 24.3 Å². The lowest BCUT2D eigenvalue weighted by atomic mass is 10.0. The highest BCUT2D eigenvalue weighted by Gasteiger charge is 2.24. The summed E-state index contributed by atoms with van der Waals surface area (Å²) in [6.07, 6.45) is 5.06. The Kier molecular flexibility index (Phi) is 3.40. The second-order valence-electron chi connectivity index (χ2n) is 5.91. The Hall–Kier alpha value is -2.89. The Balaban J connectivity index is 1.78. The maximum Gasteiger partial charge on any atom is 0.186 e. The minimum Gasteiger partial charge on any atom is -0.346 e. The summed E-state index contributed by atoms with van der Waals surface area (Å²) in [6.45, 7) is 1.18. The van der Waals surface area contributed by atoms with E-state index in [9.17, 15) is 0 Å². The van der Waals surface area contributed by atoms with Gasteiger partial charge in [-0.2, -0.15) is 0 Å². The number of hydrogen-bond donors (Lipinski definition) is 0. The minimum atomic E-state index is -0.394. The fourth-order valence-corrected chi connectivity index (χ4v) is 3.32. The Bertz CT molecular complexity index is 1070. The average molecular weight is 329 g/mol. The number of benzene rings is 1. The molecule has 5 heteroatoms. The first-order chi connectivity index (χ1) is 12.4. The third-order valence-corrected chi connectivity index (χ3v) is 4.46. The van der Waals surface area contributed by atoms with E-state index in [0.717, 1.165) is 38.6 Å². The van der Waals surface area contributed by atoms with Gasteiger partial charge in [0.25, 0.3) is 0 Å². The largest absolute Gasteiger partial charge is 0.346 e. The fraction of sp³-hybridized carbons (Fsp3) is 0.150. The monoisotopic (exact) mass is 329 g/mol. The Morgan fingerprint density at radius 2 is 1.56 bits per heavy atom. The van der Waals surface area contributed by atoms with E-state index in [4.69, 9.17) is 9.47 Å². The number of rotatable bonds is 2. The van der Waals surface area contributed by atoms with Crippen molar-refractivity contribution in [2.45, 2.75) is 6.29 Å². The second-order valence-corrected chi connectivity index (χ2v) is 5.91. The van der Waals surface area contributed by atoms with Gasteiger partial charge in [0.05, 0.1) is 30.1 Å². The summed E-state index contributed by atoms with van der Waals surface area (Å²) in [5.41, 5.74) is 3.44. The van der Waals surface area contributed by atoms with Crippen molar-refractivity contribution in [3.63, 3.8) is 0 Å². The van der Waals surface area contributed by atoms with E-state index in [0.29, 0.717) is 13.2 Å². The molecule has 0 amide bonds. The van der Waals surface area contributed by atoms with E-state index in [1.165, 1.54) is 0 Å². The molecule has 0 radical (unpaired) electrons. The van der Waals surface area contributed by atoms with E-state index < -0.39 is 6.29 Å². The van der Waals surface area contributed by atoms with Gasteiger partial charge in [0.2, 0.25) is 0 Å². The average Bonchev–Trinajstić information content (AvgIpc) is 3.22. The molecule has 5 rings (SSSR count). The van der Waals surface area contributed by atoms with Crippen molar-refractivity contribution in [3.8, 4) is 11.4 Å². The lowest BCUT2D eigenvalue weighted by Gasteiger charge is -2.14. The van der Waals surface area contributed by atoms with Crippen LogP contribution in [-0.4, -0.2) is 28.2 Å². The quantitative estimate of drug-likeness (QED) is 0.522. The van der Waals surface area contributed by atoms with Gasteiger partial charge in [-0.15, -0.1) is 0 Å². The van der Waals surface area contributed by atoms with Gasteiger partial charge in [-0.05, 0) is 23.6 Å². The zero-order chi connectivity index (χ0) is 16.6. The molecule has 1 saturated heterocycles. The summed E-state index contributed by atoms with van der Waals surface area (Å²) in [5, 5.41) is 3.19. The fourth-order valence-electron chi connectivity index (χ4n) is 3.32. The number of fused-ring (bicyclic) bond motifs is 3. The van der Waals surface area contributed by atoms with Crippen LogP contribution in [0.4, 0.5) is 0 Å². The second kappa shape index (κ2) is 5.88. The molecule has 1 aromatic carbocycles. The van der Waals surface area contributed by atoms with E-state index in [-0.39, 0.29) is 0 Å². The first-order valence-corrected chi connectivity index (χ1v) is 8.23. The summed E-state index contributed by atoms with van der Waals surface area (Å²) in [4.78, 5) is 13.8. The molecule has 4 aromatic rings. The predicted octanol–water partition coefficient (Wildman–Crippen LogP) is 3.89. The molecular weight excluding hydrogens is 314 g/mol. The van der Waals surface area contributed by atoms with E-state index >= 15 is 0 Å². The molecule has 0 N–H and O–H groups in total. The van der Waals surface area contributed by atoms with Crippen LogP contribution in [0.3, 0.4) is 0 Å². The van der Waals surface area contributed by atoms with Gasteiger partial charge >= 0.3 is 0 Å². The zero-order valence-corrected chi connectivity index (χ0v) is 13.4. The highest BCUT2D eigenvalue weighted by molar-refractivity contribution is 6.09. The summed E-state index contributed by atoms with van der Waals surface area (Å²) >= 11 is 0. The van der Waals surface area contributed by atoms with Gasteiger partial charge in [-0.25, -0.2) is 0 Å². The Labute approximate surface area is 144 Å². The standard InChI is InChI=1S/C20H15N3O2/c1-2-6-17-14(4-1)13-7-9-22-19(16(13)12-23-17)18-15(5-3-8-21-18)20-24-10-11-25-20/h1-9,12,20H,10-11H2. The van der Waals surface area contributed by atoms with Crippen molar-refractivity contribution < 1.29 is 9.47 Å². The number of hydrogen-bond acceptors (Lipinski definition) is 5. The first kappa shape index (κ1) is 14.5.